The van der Waals surface area contributed by atoms with E-state index in [2.05, 4.69) is 16.5 Å². The number of aromatic nitrogens is 2. The smallest absolute Gasteiger partial charge is 0.221 e. The van der Waals surface area contributed by atoms with Crippen molar-refractivity contribution in [3.05, 3.63) is 78.0 Å². The van der Waals surface area contributed by atoms with Crippen molar-refractivity contribution < 1.29 is 9.59 Å². The van der Waals surface area contributed by atoms with E-state index < -0.39 is 0 Å². The number of nitriles is 1. The highest BCUT2D eigenvalue weighted by Gasteiger charge is 2.10. The normalized spacial score (nSPS) is 10.6. The number of hydrogen-bond donors (Lipinski definition) is 1. The largest absolute Gasteiger partial charge is 0.326 e. The maximum atomic E-state index is 12.6. The highest BCUT2D eigenvalue weighted by molar-refractivity contribution is 6.08. The van der Waals surface area contributed by atoms with Gasteiger partial charge < -0.3 is 5.32 Å². The lowest BCUT2D eigenvalue weighted by Crippen LogP contribution is -2.06. The highest BCUT2D eigenvalue weighted by atomic mass is 16.1. The van der Waals surface area contributed by atoms with Crippen LogP contribution in [-0.2, 0) is 11.3 Å². The Morgan fingerprint density at radius 2 is 1.97 bits per heavy atom. The number of carbonyl (C=O) groups excluding carboxylic acids is 2. The van der Waals surface area contributed by atoms with E-state index in [9.17, 15) is 9.59 Å². The number of benzene rings is 2. The van der Waals surface area contributed by atoms with Gasteiger partial charge in [0.25, 0.3) is 0 Å². The Morgan fingerprint density at radius 3 is 2.69 bits per heavy atom. The molecule has 0 bridgehead atoms. The summed E-state index contributed by atoms with van der Waals surface area (Å²) in [4.78, 5) is 23.8. The van der Waals surface area contributed by atoms with E-state index in [4.69, 9.17) is 5.26 Å². The average molecular weight is 384 g/mol. The van der Waals surface area contributed by atoms with Gasteiger partial charge in [-0.25, -0.2) is 0 Å². The summed E-state index contributed by atoms with van der Waals surface area (Å²) >= 11 is 0. The summed E-state index contributed by atoms with van der Waals surface area (Å²) in [6.07, 6.45) is 5.40. The SMILES string of the molecule is CC(=O)Nc1cccc(C(=O)/C=C/c2cn(CCC#N)nc2-c2ccccc2)c1. The average Bonchev–Trinajstić information content (AvgIpc) is 3.14. The maximum Gasteiger partial charge on any atom is 0.221 e. The first-order valence-corrected chi connectivity index (χ1v) is 9.16. The molecule has 0 radical (unpaired) electrons. The quantitative estimate of drug-likeness (QED) is 0.485. The predicted molar refractivity (Wildman–Crippen MR) is 112 cm³/mol. The van der Waals surface area contributed by atoms with Gasteiger partial charge in [-0.15, -0.1) is 0 Å². The van der Waals surface area contributed by atoms with Crippen LogP contribution in [0.5, 0.6) is 0 Å². The molecule has 144 valence electrons. The minimum Gasteiger partial charge on any atom is -0.326 e. The van der Waals surface area contributed by atoms with Gasteiger partial charge >= 0.3 is 0 Å². The van der Waals surface area contributed by atoms with E-state index in [1.165, 1.54) is 13.0 Å². The van der Waals surface area contributed by atoms with Crippen LogP contribution in [0, 0.1) is 11.3 Å². The third kappa shape index (κ3) is 5.27. The van der Waals surface area contributed by atoms with E-state index in [0.717, 1.165) is 16.8 Å². The van der Waals surface area contributed by atoms with Crippen molar-refractivity contribution in [3.8, 4) is 17.3 Å². The van der Waals surface area contributed by atoms with Crippen LogP contribution in [0.1, 0.15) is 29.3 Å². The Balaban J connectivity index is 1.87. The van der Waals surface area contributed by atoms with Crippen molar-refractivity contribution >= 4 is 23.5 Å². The van der Waals surface area contributed by atoms with Crippen LogP contribution in [0.2, 0.25) is 0 Å². The first-order chi connectivity index (χ1) is 14.1. The molecular formula is C23H20N4O2. The van der Waals surface area contributed by atoms with E-state index in [0.29, 0.717) is 24.2 Å². The number of allylic oxidation sites excluding steroid dienone is 1. The zero-order valence-electron chi connectivity index (χ0n) is 16.0. The van der Waals surface area contributed by atoms with Crippen molar-refractivity contribution in [1.82, 2.24) is 9.78 Å². The van der Waals surface area contributed by atoms with Gasteiger partial charge in [0, 0.05) is 35.5 Å². The predicted octanol–water partition coefficient (Wildman–Crippen LogP) is 4.32. The van der Waals surface area contributed by atoms with Crippen LogP contribution in [-0.4, -0.2) is 21.5 Å². The summed E-state index contributed by atoms with van der Waals surface area (Å²) in [5, 5.41) is 16.1. The standard InChI is InChI=1S/C23H20N4O2/c1-17(28)25-21-10-5-9-19(15-21)22(29)12-11-20-16-27(14-6-13-24)26-23(20)18-7-3-2-4-8-18/h2-5,7-12,15-16H,6,14H2,1H3,(H,25,28)/b12-11+. The summed E-state index contributed by atoms with van der Waals surface area (Å²) in [5.74, 6) is -0.372. The number of carbonyl (C=O) groups is 2. The molecule has 0 fully saturated rings. The van der Waals surface area contributed by atoms with Gasteiger partial charge in [0.1, 0.15) is 0 Å². The molecule has 0 aliphatic rings. The van der Waals surface area contributed by atoms with Crippen LogP contribution in [0.25, 0.3) is 17.3 Å². The van der Waals surface area contributed by atoms with Crippen LogP contribution in [0.15, 0.2) is 66.9 Å². The molecule has 0 atom stereocenters. The van der Waals surface area contributed by atoms with Crippen LogP contribution in [0.3, 0.4) is 0 Å². The summed E-state index contributed by atoms with van der Waals surface area (Å²) < 4.78 is 1.72. The summed E-state index contributed by atoms with van der Waals surface area (Å²) in [5.41, 5.74) is 3.53. The molecule has 0 saturated carbocycles. The zero-order valence-corrected chi connectivity index (χ0v) is 16.0. The molecule has 1 aromatic heterocycles. The highest BCUT2D eigenvalue weighted by Crippen LogP contribution is 2.23. The van der Waals surface area contributed by atoms with Gasteiger partial charge in [-0.3, -0.25) is 14.3 Å². The minimum absolute atomic E-state index is 0.180. The molecule has 0 unspecified atom stereocenters. The molecule has 0 saturated heterocycles. The number of ketones is 1. The number of hydrogen-bond acceptors (Lipinski definition) is 4. The molecule has 29 heavy (non-hydrogen) atoms. The Kier molecular flexibility index (Phi) is 6.33. The fourth-order valence-corrected chi connectivity index (χ4v) is 2.87. The second kappa shape index (κ2) is 9.29. The van der Waals surface area contributed by atoms with Crippen LogP contribution >= 0.6 is 0 Å². The van der Waals surface area contributed by atoms with Crippen molar-refractivity contribution in [3.63, 3.8) is 0 Å². The van der Waals surface area contributed by atoms with Crippen molar-refractivity contribution in [2.45, 2.75) is 19.9 Å². The lowest BCUT2D eigenvalue weighted by molar-refractivity contribution is -0.114. The van der Waals surface area contributed by atoms with Crippen LogP contribution in [0.4, 0.5) is 5.69 Å². The Morgan fingerprint density at radius 1 is 1.17 bits per heavy atom. The maximum absolute atomic E-state index is 12.6. The molecule has 0 aliphatic heterocycles. The molecule has 0 spiro atoms. The Bertz CT molecular complexity index is 1090. The van der Waals surface area contributed by atoms with Crippen molar-refractivity contribution in [1.29, 1.82) is 5.26 Å². The number of nitrogens with zero attached hydrogens (tertiary/aromatic N) is 3. The van der Waals surface area contributed by atoms with Gasteiger partial charge in [0.15, 0.2) is 5.78 Å². The molecule has 3 rings (SSSR count). The topological polar surface area (TPSA) is 87.8 Å². The molecule has 2 aromatic carbocycles. The van der Waals surface area contributed by atoms with Gasteiger partial charge in [-0.2, -0.15) is 10.4 Å². The van der Waals surface area contributed by atoms with E-state index in [1.54, 1.807) is 35.0 Å². The van der Waals surface area contributed by atoms with Crippen LogP contribution < -0.4 is 5.32 Å². The molecule has 6 heteroatoms. The lowest BCUT2D eigenvalue weighted by Gasteiger charge is -2.03. The molecule has 3 aromatic rings. The number of anilines is 1. The van der Waals surface area contributed by atoms with Gasteiger partial charge in [0.05, 0.1) is 24.7 Å². The number of aryl methyl sites for hydroxylation is 1. The molecule has 1 N–H and O–H groups in total. The lowest BCUT2D eigenvalue weighted by atomic mass is 10.1. The van der Waals surface area contributed by atoms with Gasteiger partial charge in [-0.05, 0) is 24.3 Å². The van der Waals surface area contributed by atoms with E-state index in [-0.39, 0.29) is 11.7 Å². The molecule has 6 nitrogen and oxygen atoms in total. The first-order valence-electron chi connectivity index (χ1n) is 9.16. The number of nitrogens with one attached hydrogen (secondary N) is 1. The summed E-state index contributed by atoms with van der Waals surface area (Å²) in [6, 6.07) is 18.6. The van der Waals surface area contributed by atoms with E-state index in [1.807, 2.05) is 36.5 Å². The Labute approximate surface area is 169 Å². The first kappa shape index (κ1) is 19.8. The second-order valence-electron chi connectivity index (χ2n) is 6.43. The molecule has 1 heterocycles. The Hall–Kier alpha value is -3.98. The third-order valence-corrected chi connectivity index (χ3v) is 4.17. The summed E-state index contributed by atoms with van der Waals surface area (Å²) in [7, 11) is 0. The minimum atomic E-state index is -0.192. The molecule has 1 amide bonds. The van der Waals surface area contributed by atoms with Crippen molar-refractivity contribution in [2.75, 3.05) is 5.32 Å². The zero-order chi connectivity index (χ0) is 20.6. The van der Waals surface area contributed by atoms with Crippen molar-refractivity contribution in [2.24, 2.45) is 0 Å². The second-order valence-corrected chi connectivity index (χ2v) is 6.43. The fourth-order valence-electron chi connectivity index (χ4n) is 2.87. The number of amides is 1. The van der Waals surface area contributed by atoms with Gasteiger partial charge in [-0.1, -0.05) is 42.5 Å². The number of rotatable bonds is 7. The molecule has 0 aliphatic carbocycles. The monoisotopic (exact) mass is 384 g/mol. The third-order valence-electron chi connectivity index (χ3n) is 4.17. The van der Waals surface area contributed by atoms with E-state index >= 15 is 0 Å². The van der Waals surface area contributed by atoms with Gasteiger partial charge in [0.2, 0.25) is 5.91 Å². The fraction of sp³-hybridized carbons (Fsp3) is 0.130. The molecular weight excluding hydrogens is 364 g/mol. The summed E-state index contributed by atoms with van der Waals surface area (Å²) in [6.45, 7) is 1.90.